The van der Waals surface area contributed by atoms with Crippen LogP contribution in [0.2, 0.25) is 0 Å². The topological polar surface area (TPSA) is 32.3 Å². The zero-order chi connectivity index (χ0) is 12.3. The van der Waals surface area contributed by atoms with Crippen molar-refractivity contribution in [2.45, 2.75) is 38.5 Å². The highest BCUT2D eigenvalue weighted by Gasteiger charge is 2.17. The Bertz CT molecular complexity index is 404. The lowest BCUT2D eigenvalue weighted by Gasteiger charge is -2.16. The van der Waals surface area contributed by atoms with Crippen molar-refractivity contribution in [3.05, 3.63) is 27.2 Å². The van der Waals surface area contributed by atoms with E-state index in [1.54, 1.807) is 0 Å². The van der Waals surface area contributed by atoms with Crippen LogP contribution in [0.25, 0.3) is 0 Å². The van der Waals surface area contributed by atoms with E-state index in [1.807, 2.05) is 7.05 Å². The number of likely N-dealkylation sites (N-methyl/N-ethyl adjacent to an activating group) is 1. The summed E-state index contributed by atoms with van der Waals surface area (Å²) in [4.78, 5) is 0. The molecule has 0 amide bonds. The van der Waals surface area contributed by atoms with E-state index in [2.05, 4.69) is 27.3 Å². The Balaban J connectivity index is 2.42. The number of phenols is 1. The highest BCUT2D eigenvalue weighted by molar-refractivity contribution is 9.10. The van der Waals surface area contributed by atoms with Gasteiger partial charge in [0, 0.05) is 0 Å². The van der Waals surface area contributed by atoms with E-state index in [1.165, 1.54) is 30.4 Å². The van der Waals surface area contributed by atoms with E-state index < -0.39 is 0 Å². The molecule has 0 spiro atoms. The minimum Gasteiger partial charge on any atom is -0.506 e. The van der Waals surface area contributed by atoms with Crippen LogP contribution in [0.5, 0.6) is 5.75 Å². The van der Waals surface area contributed by atoms with Crippen LogP contribution in [-0.2, 0) is 19.3 Å². The Hall–Kier alpha value is -0.540. The number of halogens is 1. The number of rotatable bonds is 3. The summed E-state index contributed by atoms with van der Waals surface area (Å²) in [6.45, 7) is 0.913. The maximum atomic E-state index is 10.2. The molecule has 94 valence electrons. The molecular formula is C14H20BrNO. The van der Waals surface area contributed by atoms with Crippen LogP contribution in [0.4, 0.5) is 0 Å². The van der Waals surface area contributed by atoms with Gasteiger partial charge in [0.15, 0.2) is 0 Å². The second-order valence-electron chi connectivity index (χ2n) is 4.74. The summed E-state index contributed by atoms with van der Waals surface area (Å²) >= 11 is 3.47. The largest absolute Gasteiger partial charge is 0.506 e. The molecule has 0 saturated heterocycles. The summed E-state index contributed by atoms with van der Waals surface area (Å²) < 4.78 is 0.851. The first-order valence-corrected chi connectivity index (χ1v) is 7.20. The van der Waals surface area contributed by atoms with E-state index >= 15 is 0 Å². The first-order chi connectivity index (χ1) is 8.24. The van der Waals surface area contributed by atoms with E-state index in [9.17, 15) is 5.11 Å². The Labute approximate surface area is 112 Å². The molecule has 2 rings (SSSR count). The van der Waals surface area contributed by atoms with Gasteiger partial charge < -0.3 is 10.4 Å². The van der Waals surface area contributed by atoms with Crippen LogP contribution < -0.4 is 5.32 Å². The van der Waals surface area contributed by atoms with E-state index in [0.29, 0.717) is 5.75 Å². The molecule has 0 atom stereocenters. The van der Waals surface area contributed by atoms with Gasteiger partial charge in [-0.15, -0.1) is 0 Å². The molecule has 0 bridgehead atoms. The highest BCUT2D eigenvalue weighted by atomic mass is 79.9. The van der Waals surface area contributed by atoms with Crippen LogP contribution in [0.3, 0.4) is 0 Å². The Morgan fingerprint density at radius 3 is 2.82 bits per heavy atom. The molecule has 1 aliphatic carbocycles. The van der Waals surface area contributed by atoms with Crippen LogP contribution in [-0.4, -0.2) is 18.7 Å². The van der Waals surface area contributed by atoms with Gasteiger partial charge in [0.05, 0.1) is 4.47 Å². The molecule has 1 aromatic rings. The minimum absolute atomic E-state index is 0.445. The summed E-state index contributed by atoms with van der Waals surface area (Å²) in [7, 11) is 1.95. The van der Waals surface area contributed by atoms with Crippen molar-refractivity contribution in [1.82, 2.24) is 5.32 Å². The molecular weight excluding hydrogens is 278 g/mol. The third-order valence-corrected chi connectivity index (χ3v) is 4.17. The lowest BCUT2D eigenvalue weighted by Crippen LogP contribution is -2.12. The predicted molar refractivity (Wildman–Crippen MR) is 74.7 cm³/mol. The van der Waals surface area contributed by atoms with Gasteiger partial charge in [-0.3, -0.25) is 0 Å². The lowest BCUT2D eigenvalue weighted by atomic mass is 9.94. The van der Waals surface area contributed by atoms with Crippen LogP contribution in [0, 0.1) is 0 Å². The SMILES string of the molecule is CNCCc1c(O)c(Br)cc2c1CCCCC2. The van der Waals surface area contributed by atoms with Gasteiger partial charge in [-0.25, -0.2) is 0 Å². The Morgan fingerprint density at radius 2 is 2.06 bits per heavy atom. The number of fused-ring (bicyclic) bond motifs is 1. The van der Waals surface area contributed by atoms with Gasteiger partial charge in [-0.05, 0) is 84.4 Å². The van der Waals surface area contributed by atoms with Gasteiger partial charge in [0.25, 0.3) is 0 Å². The van der Waals surface area contributed by atoms with Crippen molar-refractivity contribution in [3.63, 3.8) is 0 Å². The quantitative estimate of drug-likeness (QED) is 0.840. The molecule has 0 aliphatic heterocycles. The summed E-state index contributed by atoms with van der Waals surface area (Å²) in [6.07, 6.45) is 7.01. The number of benzene rings is 1. The maximum absolute atomic E-state index is 10.2. The summed E-state index contributed by atoms with van der Waals surface area (Å²) in [5.74, 6) is 0.445. The molecule has 0 aromatic heterocycles. The third-order valence-electron chi connectivity index (χ3n) is 3.56. The molecule has 2 N–H and O–H groups in total. The molecule has 0 saturated carbocycles. The van der Waals surface area contributed by atoms with Gasteiger partial charge in [-0.1, -0.05) is 6.42 Å². The third kappa shape index (κ3) is 2.83. The smallest absolute Gasteiger partial charge is 0.133 e. The Morgan fingerprint density at radius 1 is 1.29 bits per heavy atom. The zero-order valence-electron chi connectivity index (χ0n) is 10.4. The summed E-state index contributed by atoms with van der Waals surface area (Å²) in [5, 5.41) is 13.4. The van der Waals surface area contributed by atoms with Gasteiger partial charge in [0.2, 0.25) is 0 Å². The predicted octanol–water partition coefficient (Wildman–Crippen LogP) is 3.19. The molecule has 2 nitrogen and oxygen atoms in total. The van der Waals surface area contributed by atoms with Gasteiger partial charge >= 0.3 is 0 Å². The molecule has 1 aliphatic rings. The number of aryl methyl sites for hydroxylation is 1. The molecule has 0 radical (unpaired) electrons. The normalized spacial score (nSPS) is 15.4. The van der Waals surface area contributed by atoms with Gasteiger partial charge in [-0.2, -0.15) is 0 Å². The molecule has 0 unspecified atom stereocenters. The maximum Gasteiger partial charge on any atom is 0.133 e. The molecule has 17 heavy (non-hydrogen) atoms. The van der Waals surface area contributed by atoms with E-state index in [-0.39, 0.29) is 0 Å². The molecule has 1 aromatic carbocycles. The molecule has 0 fully saturated rings. The number of hydrogen-bond acceptors (Lipinski definition) is 2. The van der Waals surface area contributed by atoms with Crippen molar-refractivity contribution in [2.24, 2.45) is 0 Å². The van der Waals surface area contributed by atoms with Crippen molar-refractivity contribution < 1.29 is 5.11 Å². The first-order valence-electron chi connectivity index (χ1n) is 6.40. The second-order valence-corrected chi connectivity index (χ2v) is 5.59. The minimum atomic E-state index is 0.445. The van der Waals surface area contributed by atoms with Crippen LogP contribution in [0.15, 0.2) is 10.5 Å². The van der Waals surface area contributed by atoms with E-state index in [0.717, 1.165) is 35.8 Å². The van der Waals surface area contributed by atoms with Crippen molar-refractivity contribution in [2.75, 3.05) is 13.6 Å². The standard InChI is InChI=1S/C14H20BrNO/c1-16-8-7-12-11-6-4-2-3-5-10(11)9-13(15)14(12)17/h9,16-17H,2-8H2,1H3. The van der Waals surface area contributed by atoms with Crippen LogP contribution >= 0.6 is 15.9 Å². The Kier molecular flexibility index (Phi) is 4.46. The number of aromatic hydroxyl groups is 1. The zero-order valence-corrected chi connectivity index (χ0v) is 11.9. The fourth-order valence-corrected chi connectivity index (χ4v) is 3.15. The summed E-state index contributed by atoms with van der Waals surface area (Å²) in [6, 6.07) is 2.11. The lowest BCUT2D eigenvalue weighted by molar-refractivity contribution is 0.462. The molecule has 0 heterocycles. The van der Waals surface area contributed by atoms with Crippen molar-refractivity contribution >= 4 is 15.9 Å². The average Bonchev–Trinajstić information content (AvgIpc) is 2.55. The van der Waals surface area contributed by atoms with Crippen LogP contribution in [0.1, 0.15) is 36.0 Å². The first kappa shape index (κ1) is 12.9. The van der Waals surface area contributed by atoms with Crippen molar-refractivity contribution in [1.29, 1.82) is 0 Å². The van der Waals surface area contributed by atoms with E-state index in [4.69, 9.17) is 0 Å². The van der Waals surface area contributed by atoms with Gasteiger partial charge in [0.1, 0.15) is 5.75 Å². The highest BCUT2D eigenvalue weighted by Crippen LogP contribution is 2.36. The van der Waals surface area contributed by atoms with Crippen molar-refractivity contribution in [3.8, 4) is 5.75 Å². The molecule has 3 heteroatoms. The fourth-order valence-electron chi connectivity index (χ4n) is 2.64. The number of phenolic OH excluding ortho intramolecular Hbond substituents is 1. The average molecular weight is 298 g/mol. The number of hydrogen-bond donors (Lipinski definition) is 2. The second kappa shape index (κ2) is 5.87. The summed E-state index contributed by atoms with van der Waals surface area (Å²) in [5.41, 5.74) is 3.97. The monoisotopic (exact) mass is 297 g/mol. The fraction of sp³-hybridized carbons (Fsp3) is 0.571. The number of nitrogens with one attached hydrogen (secondary N) is 1.